The van der Waals surface area contributed by atoms with Gasteiger partial charge in [-0.3, -0.25) is 9.59 Å². The summed E-state index contributed by atoms with van der Waals surface area (Å²) in [6, 6.07) is 0. The number of ketones is 2. The quantitative estimate of drug-likeness (QED) is 0.485. The largest absolute Gasteiger partial charge is 0.298 e. The molecule has 11 heavy (non-hydrogen) atoms. The molecule has 0 unspecified atom stereocenters. The lowest BCUT2D eigenvalue weighted by atomic mass is 9.94. The highest BCUT2D eigenvalue weighted by Gasteiger charge is 2.36. The van der Waals surface area contributed by atoms with Crippen molar-refractivity contribution in [1.82, 2.24) is 0 Å². The lowest BCUT2D eigenvalue weighted by Gasteiger charge is -2.19. The summed E-state index contributed by atoms with van der Waals surface area (Å²) in [5.74, 6) is -0.512. The summed E-state index contributed by atoms with van der Waals surface area (Å²) in [5.41, 5.74) is 0. The molecular formula is C8H13ClO2. The summed E-state index contributed by atoms with van der Waals surface area (Å²) >= 11 is 5.81. The summed E-state index contributed by atoms with van der Waals surface area (Å²) in [6.45, 7) is 4.59. The molecule has 0 saturated carbocycles. The highest BCUT2D eigenvalue weighted by Crippen LogP contribution is 2.23. The first-order valence-electron chi connectivity index (χ1n) is 3.66. The molecule has 0 atom stereocenters. The van der Waals surface area contributed by atoms with Crippen LogP contribution in [0.1, 0.15) is 33.6 Å². The first-order valence-corrected chi connectivity index (χ1v) is 4.04. The Morgan fingerprint density at radius 2 is 1.64 bits per heavy atom. The van der Waals surface area contributed by atoms with Crippen molar-refractivity contribution in [2.75, 3.05) is 0 Å². The van der Waals surface area contributed by atoms with Crippen LogP contribution >= 0.6 is 11.6 Å². The molecule has 0 saturated heterocycles. The van der Waals surface area contributed by atoms with Crippen LogP contribution in [0.2, 0.25) is 0 Å². The lowest BCUT2D eigenvalue weighted by molar-refractivity contribution is -0.128. The summed E-state index contributed by atoms with van der Waals surface area (Å²) in [6.07, 6.45) is 1.17. The van der Waals surface area contributed by atoms with Gasteiger partial charge in [-0.05, 0) is 20.3 Å². The number of Topliss-reactive ketones (excluding diaryl/α,β-unsaturated/α-hetero) is 2. The molecule has 2 nitrogen and oxygen atoms in total. The second-order valence-corrected chi connectivity index (χ2v) is 3.31. The van der Waals surface area contributed by atoms with Crippen LogP contribution in [0.5, 0.6) is 0 Å². The van der Waals surface area contributed by atoms with Crippen LogP contribution in [0.4, 0.5) is 0 Å². The van der Waals surface area contributed by atoms with Crippen molar-refractivity contribution >= 4 is 23.2 Å². The first kappa shape index (κ1) is 10.6. The van der Waals surface area contributed by atoms with E-state index < -0.39 is 4.87 Å². The van der Waals surface area contributed by atoms with Gasteiger partial charge in [-0.25, -0.2) is 0 Å². The highest BCUT2D eigenvalue weighted by atomic mass is 35.5. The Balaban J connectivity index is 4.52. The summed E-state index contributed by atoms with van der Waals surface area (Å²) < 4.78 is 0. The van der Waals surface area contributed by atoms with Crippen LogP contribution in [0.15, 0.2) is 0 Å². The smallest absolute Gasteiger partial charge is 0.160 e. The maximum atomic E-state index is 10.9. The minimum Gasteiger partial charge on any atom is -0.298 e. The van der Waals surface area contributed by atoms with Crippen LogP contribution in [0.3, 0.4) is 0 Å². The minimum absolute atomic E-state index is 0.256. The molecule has 0 aliphatic heterocycles. The molecule has 64 valence electrons. The zero-order chi connectivity index (χ0) is 9.07. The van der Waals surface area contributed by atoms with Crippen molar-refractivity contribution in [3.63, 3.8) is 0 Å². The zero-order valence-corrected chi connectivity index (χ0v) is 7.86. The summed E-state index contributed by atoms with van der Waals surface area (Å²) in [5, 5.41) is 0. The Hall–Kier alpha value is -0.370. The van der Waals surface area contributed by atoms with Crippen molar-refractivity contribution in [3.05, 3.63) is 0 Å². The van der Waals surface area contributed by atoms with Gasteiger partial charge in [0.25, 0.3) is 0 Å². The molecule has 0 radical (unpaired) electrons. The van der Waals surface area contributed by atoms with E-state index in [1.807, 2.05) is 6.92 Å². The van der Waals surface area contributed by atoms with Gasteiger partial charge < -0.3 is 0 Å². The third-order valence-corrected chi connectivity index (χ3v) is 2.43. The topological polar surface area (TPSA) is 34.1 Å². The van der Waals surface area contributed by atoms with E-state index in [4.69, 9.17) is 11.6 Å². The first-order chi connectivity index (χ1) is 4.95. The Kier molecular flexibility index (Phi) is 3.73. The molecule has 0 amide bonds. The predicted octanol–water partition coefficient (Wildman–Crippen LogP) is 1.94. The molecule has 0 aromatic carbocycles. The van der Waals surface area contributed by atoms with Crippen LogP contribution in [-0.2, 0) is 9.59 Å². The third-order valence-electron chi connectivity index (χ3n) is 1.71. The summed E-state index contributed by atoms with van der Waals surface area (Å²) in [7, 11) is 0. The number of rotatable bonds is 4. The van der Waals surface area contributed by atoms with Gasteiger partial charge in [0.05, 0.1) is 0 Å². The number of carbonyl (C=O) groups excluding carboxylic acids is 2. The lowest BCUT2D eigenvalue weighted by Crippen LogP contribution is -2.37. The number of alkyl halides is 1. The van der Waals surface area contributed by atoms with E-state index in [0.717, 1.165) is 6.42 Å². The molecule has 0 aromatic rings. The Labute approximate surface area is 71.9 Å². The molecule has 0 aliphatic carbocycles. The van der Waals surface area contributed by atoms with Crippen molar-refractivity contribution in [3.8, 4) is 0 Å². The van der Waals surface area contributed by atoms with Gasteiger partial charge in [-0.1, -0.05) is 13.3 Å². The third kappa shape index (κ3) is 2.29. The predicted molar refractivity (Wildman–Crippen MR) is 44.9 cm³/mol. The molecule has 3 heteroatoms. The van der Waals surface area contributed by atoms with E-state index in [1.165, 1.54) is 13.8 Å². The highest BCUT2D eigenvalue weighted by molar-refractivity contribution is 6.46. The second kappa shape index (κ2) is 3.86. The van der Waals surface area contributed by atoms with Crippen LogP contribution in [-0.4, -0.2) is 16.4 Å². The van der Waals surface area contributed by atoms with Crippen molar-refractivity contribution < 1.29 is 9.59 Å². The molecule has 0 heterocycles. The SMILES string of the molecule is CCCC(Cl)(C(C)=O)C(C)=O. The average molecular weight is 177 g/mol. The molecule has 0 N–H and O–H groups in total. The molecule has 0 rings (SSSR count). The van der Waals surface area contributed by atoms with Gasteiger partial charge in [0.1, 0.15) is 0 Å². The maximum absolute atomic E-state index is 10.9. The van der Waals surface area contributed by atoms with Crippen molar-refractivity contribution in [1.29, 1.82) is 0 Å². The average Bonchev–Trinajstić information content (AvgIpc) is 1.87. The van der Waals surface area contributed by atoms with Crippen LogP contribution < -0.4 is 0 Å². The fourth-order valence-corrected chi connectivity index (χ4v) is 1.13. The monoisotopic (exact) mass is 176 g/mol. The molecule has 0 aliphatic rings. The van der Waals surface area contributed by atoms with Crippen molar-refractivity contribution in [2.45, 2.75) is 38.5 Å². The van der Waals surface area contributed by atoms with Gasteiger partial charge in [0, 0.05) is 0 Å². The van der Waals surface area contributed by atoms with E-state index in [2.05, 4.69) is 0 Å². The summed E-state index contributed by atoms with van der Waals surface area (Å²) in [4.78, 5) is 20.6. The van der Waals surface area contributed by atoms with E-state index in [1.54, 1.807) is 0 Å². The van der Waals surface area contributed by atoms with E-state index in [0.29, 0.717) is 6.42 Å². The van der Waals surface area contributed by atoms with Gasteiger partial charge >= 0.3 is 0 Å². The maximum Gasteiger partial charge on any atom is 0.160 e. The number of hydrogen-bond acceptors (Lipinski definition) is 2. The number of halogens is 1. The standard InChI is InChI=1S/C8H13ClO2/c1-4-5-8(9,6(2)10)7(3)11/h4-5H2,1-3H3. The second-order valence-electron chi connectivity index (χ2n) is 2.66. The zero-order valence-electron chi connectivity index (χ0n) is 7.11. The van der Waals surface area contributed by atoms with Gasteiger partial charge in [0.2, 0.25) is 0 Å². The Bertz CT molecular complexity index is 161. The molecule has 0 bridgehead atoms. The Morgan fingerprint density at radius 3 is 1.73 bits per heavy atom. The van der Waals surface area contributed by atoms with Gasteiger partial charge in [-0.2, -0.15) is 0 Å². The van der Waals surface area contributed by atoms with E-state index in [9.17, 15) is 9.59 Å². The Morgan fingerprint density at radius 1 is 1.27 bits per heavy atom. The van der Waals surface area contributed by atoms with Crippen LogP contribution in [0.25, 0.3) is 0 Å². The molecule has 0 fully saturated rings. The number of hydrogen-bond donors (Lipinski definition) is 0. The molecular weight excluding hydrogens is 164 g/mol. The van der Waals surface area contributed by atoms with Crippen LogP contribution in [0, 0.1) is 0 Å². The fraction of sp³-hybridized carbons (Fsp3) is 0.750. The normalized spacial score (nSPS) is 11.3. The van der Waals surface area contributed by atoms with Gasteiger partial charge in [0.15, 0.2) is 16.4 Å². The van der Waals surface area contributed by atoms with E-state index >= 15 is 0 Å². The van der Waals surface area contributed by atoms with Crippen molar-refractivity contribution in [2.24, 2.45) is 0 Å². The molecule has 0 spiro atoms. The van der Waals surface area contributed by atoms with E-state index in [-0.39, 0.29) is 11.6 Å². The minimum atomic E-state index is -1.26. The molecule has 0 aromatic heterocycles. The fourth-order valence-electron chi connectivity index (χ4n) is 0.944. The number of carbonyl (C=O) groups is 2. The van der Waals surface area contributed by atoms with Gasteiger partial charge in [-0.15, -0.1) is 11.6 Å².